The number of ether oxygens (including phenoxy) is 1. The normalized spacial score (nSPS) is 12.5. The molecule has 0 radical (unpaired) electrons. The first kappa shape index (κ1) is 22.2. The van der Waals surface area contributed by atoms with Crippen LogP contribution in [0.25, 0.3) is 10.9 Å². The number of fused-ring (bicyclic) bond motifs is 1. The zero-order valence-corrected chi connectivity index (χ0v) is 18.5. The Kier molecular flexibility index (Phi) is 5.93. The number of aliphatic hydroxyl groups is 1. The van der Waals surface area contributed by atoms with Gasteiger partial charge in [0.2, 0.25) is 5.91 Å². The molecule has 0 spiro atoms. The highest BCUT2D eigenvalue weighted by molar-refractivity contribution is 5.92. The summed E-state index contributed by atoms with van der Waals surface area (Å²) in [7, 11) is 0. The predicted molar refractivity (Wildman–Crippen MR) is 122 cm³/mol. The van der Waals surface area contributed by atoms with E-state index in [0.717, 1.165) is 15.6 Å². The van der Waals surface area contributed by atoms with Gasteiger partial charge in [0.15, 0.2) is 11.6 Å². The van der Waals surface area contributed by atoms with Gasteiger partial charge in [-0.05, 0) is 45.0 Å². The van der Waals surface area contributed by atoms with E-state index < -0.39 is 23.1 Å². The van der Waals surface area contributed by atoms with Crippen LogP contribution in [0.2, 0.25) is 0 Å². The number of nitrogens with zero attached hydrogens (tertiary/aromatic N) is 5. The van der Waals surface area contributed by atoms with Gasteiger partial charge in [0.1, 0.15) is 11.8 Å². The third-order valence-corrected chi connectivity index (χ3v) is 4.82. The molecule has 10 nitrogen and oxygen atoms in total. The van der Waals surface area contributed by atoms with Crippen LogP contribution < -0.4 is 15.6 Å². The van der Waals surface area contributed by atoms with Crippen LogP contribution in [-0.4, -0.2) is 41.2 Å². The molecule has 0 aliphatic carbocycles. The number of carbonyl (C=O) groups is 1. The standard InChI is InChI=1S/C23H24N6O4/c1-15(22(31)26-20-9-11-28(27-20)14-23(2,3)32)29-21(30)12-16(13-25-29)33-19-8-4-7-18-17(19)6-5-10-24-18/h4-13,15,32H,14H2,1-3H3,(H,26,27,31). The highest BCUT2D eigenvalue weighted by atomic mass is 16.5. The van der Waals surface area contributed by atoms with Gasteiger partial charge >= 0.3 is 0 Å². The number of nitrogens with one attached hydrogen (secondary N) is 1. The van der Waals surface area contributed by atoms with Gasteiger partial charge in [0, 0.05) is 29.9 Å². The molecule has 4 aromatic rings. The molecule has 170 valence electrons. The van der Waals surface area contributed by atoms with E-state index in [-0.39, 0.29) is 12.3 Å². The van der Waals surface area contributed by atoms with Crippen molar-refractivity contribution in [2.24, 2.45) is 0 Å². The first-order chi connectivity index (χ1) is 15.7. The number of anilines is 1. The van der Waals surface area contributed by atoms with Crippen LogP contribution in [0.5, 0.6) is 11.5 Å². The number of benzene rings is 1. The monoisotopic (exact) mass is 448 g/mol. The molecule has 3 heterocycles. The Bertz CT molecular complexity index is 1350. The molecule has 0 fully saturated rings. The summed E-state index contributed by atoms with van der Waals surface area (Å²) in [5.41, 5.74) is -0.655. The van der Waals surface area contributed by atoms with Gasteiger partial charge in [0.25, 0.3) is 5.56 Å². The average Bonchev–Trinajstić information content (AvgIpc) is 3.18. The highest BCUT2D eigenvalue weighted by Gasteiger charge is 2.20. The molecule has 1 aromatic carbocycles. The lowest BCUT2D eigenvalue weighted by Gasteiger charge is -2.16. The molecule has 0 bridgehead atoms. The molecule has 0 saturated heterocycles. The number of amides is 1. The maximum absolute atomic E-state index is 12.6. The van der Waals surface area contributed by atoms with Crippen molar-refractivity contribution < 1.29 is 14.6 Å². The van der Waals surface area contributed by atoms with E-state index in [1.807, 2.05) is 18.2 Å². The highest BCUT2D eigenvalue weighted by Crippen LogP contribution is 2.27. The molecular weight excluding hydrogens is 424 g/mol. The van der Waals surface area contributed by atoms with Crippen molar-refractivity contribution in [2.45, 2.75) is 39.0 Å². The van der Waals surface area contributed by atoms with Crippen LogP contribution in [0.1, 0.15) is 26.8 Å². The first-order valence-electron chi connectivity index (χ1n) is 10.4. The van der Waals surface area contributed by atoms with Crippen molar-refractivity contribution in [1.82, 2.24) is 24.5 Å². The number of rotatable bonds is 7. The van der Waals surface area contributed by atoms with Gasteiger partial charge in [0.05, 0.1) is 23.9 Å². The summed E-state index contributed by atoms with van der Waals surface area (Å²) < 4.78 is 8.45. The van der Waals surface area contributed by atoms with E-state index in [2.05, 4.69) is 20.5 Å². The average molecular weight is 448 g/mol. The summed E-state index contributed by atoms with van der Waals surface area (Å²) in [4.78, 5) is 29.6. The number of pyridine rings is 1. The lowest BCUT2D eigenvalue weighted by atomic mass is 10.1. The molecular formula is C23H24N6O4. The van der Waals surface area contributed by atoms with Crippen molar-refractivity contribution in [1.29, 1.82) is 0 Å². The van der Waals surface area contributed by atoms with Gasteiger partial charge in [-0.3, -0.25) is 19.3 Å². The van der Waals surface area contributed by atoms with Crippen LogP contribution in [0, 0.1) is 0 Å². The molecule has 2 N–H and O–H groups in total. The van der Waals surface area contributed by atoms with E-state index in [1.165, 1.54) is 16.9 Å². The summed E-state index contributed by atoms with van der Waals surface area (Å²) in [6.45, 7) is 5.16. The topological polar surface area (TPSA) is 124 Å². The number of aromatic nitrogens is 5. The van der Waals surface area contributed by atoms with Crippen molar-refractivity contribution in [2.75, 3.05) is 5.32 Å². The van der Waals surface area contributed by atoms with Gasteiger partial charge in [-0.1, -0.05) is 6.07 Å². The summed E-state index contributed by atoms with van der Waals surface area (Å²) in [6.07, 6.45) is 4.73. The lowest BCUT2D eigenvalue weighted by molar-refractivity contribution is -0.119. The minimum atomic E-state index is -0.940. The molecule has 33 heavy (non-hydrogen) atoms. The minimum absolute atomic E-state index is 0.255. The van der Waals surface area contributed by atoms with Crippen molar-refractivity contribution in [3.8, 4) is 11.5 Å². The lowest BCUT2D eigenvalue weighted by Crippen LogP contribution is -2.33. The summed E-state index contributed by atoms with van der Waals surface area (Å²) in [5.74, 6) is 0.665. The third kappa shape index (κ3) is 5.24. The maximum atomic E-state index is 12.6. The Morgan fingerprint density at radius 2 is 2.06 bits per heavy atom. The second-order valence-corrected chi connectivity index (χ2v) is 8.28. The number of hydrogen-bond acceptors (Lipinski definition) is 7. The Labute approximate surface area is 189 Å². The quantitative estimate of drug-likeness (QED) is 0.445. The maximum Gasteiger partial charge on any atom is 0.271 e. The second kappa shape index (κ2) is 8.83. The Balaban J connectivity index is 1.47. The van der Waals surface area contributed by atoms with E-state index in [9.17, 15) is 14.7 Å². The molecule has 3 aromatic heterocycles. The van der Waals surface area contributed by atoms with Crippen LogP contribution >= 0.6 is 0 Å². The minimum Gasteiger partial charge on any atom is -0.455 e. The number of hydrogen-bond donors (Lipinski definition) is 2. The largest absolute Gasteiger partial charge is 0.455 e. The van der Waals surface area contributed by atoms with Crippen LogP contribution in [0.15, 0.2) is 65.8 Å². The molecule has 0 aliphatic rings. The van der Waals surface area contributed by atoms with E-state index in [1.54, 1.807) is 51.4 Å². The Hall–Kier alpha value is -4.05. The zero-order chi connectivity index (χ0) is 23.6. The van der Waals surface area contributed by atoms with Crippen molar-refractivity contribution in [3.05, 3.63) is 71.4 Å². The zero-order valence-electron chi connectivity index (χ0n) is 18.5. The fourth-order valence-corrected chi connectivity index (χ4v) is 3.29. The van der Waals surface area contributed by atoms with Crippen LogP contribution in [0.3, 0.4) is 0 Å². The predicted octanol–water partition coefficient (Wildman–Crippen LogP) is 2.75. The third-order valence-electron chi connectivity index (χ3n) is 4.82. The van der Waals surface area contributed by atoms with Crippen LogP contribution in [-0.2, 0) is 11.3 Å². The molecule has 1 unspecified atom stereocenters. The van der Waals surface area contributed by atoms with Gasteiger partial charge < -0.3 is 15.2 Å². The second-order valence-electron chi connectivity index (χ2n) is 8.28. The SMILES string of the molecule is CC(C(=O)Nc1ccn(CC(C)(C)O)n1)n1ncc(Oc2cccc3ncccc23)cc1=O. The van der Waals surface area contributed by atoms with Crippen molar-refractivity contribution in [3.63, 3.8) is 0 Å². The molecule has 10 heteroatoms. The summed E-state index contributed by atoms with van der Waals surface area (Å²) in [6, 6.07) is 11.2. The summed E-state index contributed by atoms with van der Waals surface area (Å²) in [5, 5.41) is 21.7. The molecule has 0 aliphatic heterocycles. The molecule has 4 rings (SSSR count). The van der Waals surface area contributed by atoms with Gasteiger partial charge in [-0.15, -0.1) is 0 Å². The van der Waals surface area contributed by atoms with Gasteiger partial charge in [-0.2, -0.15) is 10.2 Å². The Morgan fingerprint density at radius 1 is 1.24 bits per heavy atom. The van der Waals surface area contributed by atoms with E-state index in [0.29, 0.717) is 11.6 Å². The first-order valence-corrected chi connectivity index (χ1v) is 10.4. The van der Waals surface area contributed by atoms with E-state index in [4.69, 9.17) is 4.74 Å². The van der Waals surface area contributed by atoms with Gasteiger partial charge in [-0.25, -0.2) is 4.68 Å². The number of carbonyl (C=O) groups excluding carboxylic acids is 1. The van der Waals surface area contributed by atoms with Crippen molar-refractivity contribution >= 4 is 22.6 Å². The molecule has 1 atom stereocenters. The molecule has 1 amide bonds. The van der Waals surface area contributed by atoms with Crippen LogP contribution in [0.4, 0.5) is 5.82 Å². The molecule has 0 saturated carbocycles. The smallest absolute Gasteiger partial charge is 0.271 e. The fraction of sp³-hybridized carbons (Fsp3) is 0.261. The Morgan fingerprint density at radius 3 is 2.82 bits per heavy atom. The van der Waals surface area contributed by atoms with E-state index >= 15 is 0 Å². The summed E-state index contributed by atoms with van der Waals surface area (Å²) >= 11 is 0. The fourth-order valence-electron chi connectivity index (χ4n) is 3.29.